The zero-order valence-corrected chi connectivity index (χ0v) is 12.8. The molecule has 7 nitrogen and oxygen atoms in total. The molecule has 116 valence electrons. The molecular weight excluding hydrogens is 294 g/mol. The quantitative estimate of drug-likeness (QED) is 0.665. The first-order valence-corrected chi connectivity index (χ1v) is 8.19. The van der Waals surface area contributed by atoms with Crippen LogP contribution in [0.1, 0.15) is 18.9 Å². The molecule has 2 unspecified atom stereocenters. The van der Waals surface area contributed by atoms with Gasteiger partial charge in [-0.05, 0) is 38.8 Å². The van der Waals surface area contributed by atoms with Crippen LogP contribution in [0.5, 0.6) is 0 Å². The van der Waals surface area contributed by atoms with Crippen LogP contribution in [0.2, 0.25) is 0 Å². The van der Waals surface area contributed by atoms with E-state index < -0.39 is 14.9 Å². The van der Waals surface area contributed by atoms with Gasteiger partial charge in [0.1, 0.15) is 0 Å². The van der Waals surface area contributed by atoms with Gasteiger partial charge < -0.3 is 5.73 Å². The van der Waals surface area contributed by atoms with E-state index >= 15 is 0 Å². The molecule has 0 amide bonds. The number of nitro benzene ring substituents is 1. The van der Waals surface area contributed by atoms with Gasteiger partial charge in [0, 0.05) is 24.2 Å². The maximum atomic E-state index is 12.8. The molecular formula is C13H19N3O4S. The largest absolute Gasteiger partial charge is 0.330 e. The van der Waals surface area contributed by atoms with Crippen molar-refractivity contribution < 1.29 is 13.3 Å². The SMILES string of the molecule is Cc1c([N+](=O)[O-])cccc1S(=O)(=O)N1CC(CN)CC1C. The smallest absolute Gasteiger partial charge is 0.273 e. The van der Waals surface area contributed by atoms with E-state index in [1.807, 2.05) is 6.92 Å². The van der Waals surface area contributed by atoms with Crippen LogP contribution in [-0.4, -0.2) is 36.8 Å². The second-order valence-corrected chi connectivity index (χ2v) is 7.28. The highest BCUT2D eigenvalue weighted by atomic mass is 32.2. The Kier molecular flexibility index (Phi) is 4.31. The molecule has 2 atom stereocenters. The summed E-state index contributed by atoms with van der Waals surface area (Å²) in [5, 5.41) is 11.0. The Labute approximate surface area is 123 Å². The summed E-state index contributed by atoms with van der Waals surface area (Å²) >= 11 is 0. The van der Waals surface area contributed by atoms with E-state index in [0.29, 0.717) is 19.5 Å². The van der Waals surface area contributed by atoms with Crippen LogP contribution in [0.15, 0.2) is 23.1 Å². The Morgan fingerprint density at radius 2 is 2.14 bits per heavy atom. The third-order valence-corrected chi connectivity index (χ3v) is 6.10. The van der Waals surface area contributed by atoms with E-state index in [0.717, 1.165) is 0 Å². The molecule has 0 spiro atoms. The van der Waals surface area contributed by atoms with Crippen LogP contribution in [0.4, 0.5) is 5.69 Å². The van der Waals surface area contributed by atoms with Gasteiger partial charge in [-0.2, -0.15) is 4.31 Å². The molecule has 2 N–H and O–H groups in total. The molecule has 0 saturated carbocycles. The molecule has 1 heterocycles. The fraction of sp³-hybridized carbons (Fsp3) is 0.538. The fourth-order valence-electron chi connectivity index (χ4n) is 2.82. The molecule has 0 aromatic heterocycles. The first-order valence-electron chi connectivity index (χ1n) is 6.75. The van der Waals surface area contributed by atoms with Crippen molar-refractivity contribution in [3.63, 3.8) is 0 Å². The Morgan fingerprint density at radius 3 is 2.67 bits per heavy atom. The van der Waals surface area contributed by atoms with E-state index in [1.54, 1.807) is 0 Å². The van der Waals surface area contributed by atoms with Crippen molar-refractivity contribution >= 4 is 15.7 Å². The van der Waals surface area contributed by atoms with Gasteiger partial charge in [-0.1, -0.05) is 6.07 Å². The highest BCUT2D eigenvalue weighted by Gasteiger charge is 2.38. The molecule has 0 aliphatic carbocycles. The lowest BCUT2D eigenvalue weighted by molar-refractivity contribution is -0.385. The van der Waals surface area contributed by atoms with Crippen LogP contribution < -0.4 is 5.73 Å². The minimum atomic E-state index is -3.74. The van der Waals surface area contributed by atoms with Crippen molar-refractivity contribution in [3.8, 4) is 0 Å². The highest BCUT2D eigenvalue weighted by molar-refractivity contribution is 7.89. The zero-order valence-electron chi connectivity index (χ0n) is 12.0. The van der Waals surface area contributed by atoms with Crippen LogP contribution in [-0.2, 0) is 10.0 Å². The summed E-state index contributed by atoms with van der Waals surface area (Å²) in [6, 6.07) is 3.98. The summed E-state index contributed by atoms with van der Waals surface area (Å²) in [6.07, 6.45) is 0.712. The molecule has 0 bridgehead atoms. The molecule has 2 rings (SSSR count). The lowest BCUT2D eigenvalue weighted by Gasteiger charge is -2.22. The van der Waals surface area contributed by atoms with Crippen molar-refractivity contribution in [2.75, 3.05) is 13.1 Å². The average Bonchev–Trinajstić information content (AvgIpc) is 2.80. The number of nitrogens with zero attached hydrogens (tertiary/aromatic N) is 2. The Hall–Kier alpha value is -1.51. The summed E-state index contributed by atoms with van der Waals surface area (Å²) in [7, 11) is -3.74. The van der Waals surface area contributed by atoms with Crippen LogP contribution in [0, 0.1) is 23.0 Å². The topological polar surface area (TPSA) is 107 Å². The molecule has 1 saturated heterocycles. The van der Waals surface area contributed by atoms with Gasteiger partial charge in [0.2, 0.25) is 10.0 Å². The summed E-state index contributed by atoms with van der Waals surface area (Å²) < 4.78 is 26.9. The van der Waals surface area contributed by atoms with E-state index in [4.69, 9.17) is 5.73 Å². The van der Waals surface area contributed by atoms with E-state index in [2.05, 4.69) is 0 Å². The number of hydrogen-bond donors (Lipinski definition) is 1. The molecule has 1 fully saturated rings. The predicted molar refractivity (Wildman–Crippen MR) is 78.3 cm³/mol. The van der Waals surface area contributed by atoms with Crippen molar-refractivity contribution in [1.82, 2.24) is 4.31 Å². The van der Waals surface area contributed by atoms with E-state index in [9.17, 15) is 18.5 Å². The first-order chi connectivity index (χ1) is 9.78. The maximum absolute atomic E-state index is 12.8. The minimum Gasteiger partial charge on any atom is -0.330 e. The van der Waals surface area contributed by atoms with Gasteiger partial charge in [-0.15, -0.1) is 0 Å². The van der Waals surface area contributed by atoms with Gasteiger partial charge >= 0.3 is 0 Å². The van der Waals surface area contributed by atoms with Gasteiger partial charge in [-0.25, -0.2) is 8.42 Å². The van der Waals surface area contributed by atoms with Crippen molar-refractivity contribution in [2.24, 2.45) is 11.7 Å². The van der Waals surface area contributed by atoms with Crippen LogP contribution in [0.3, 0.4) is 0 Å². The van der Waals surface area contributed by atoms with Gasteiger partial charge in [-0.3, -0.25) is 10.1 Å². The fourth-order valence-corrected chi connectivity index (χ4v) is 4.78. The van der Waals surface area contributed by atoms with Crippen molar-refractivity contribution in [2.45, 2.75) is 31.2 Å². The molecule has 1 aliphatic rings. The first kappa shape index (κ1) is 15.9. The highest BCUT2D eigenvalue weighted by Crippen LogP contribution is 2.32. The second kappa shape index (κ2) is 5.70. The lowest BCUT2D eigenvalue weighted by atomic mass is 10.1. The normalized spacial score (nSPS) is 23.4. The average molecular weight is 313 g/mol. The van der Waals surface area contributed by atoms with Crippen molar-refractivity contribution in [3.05, 3.63) is 33.9 Å². The number of benzene rings is 1. The molecule has 0 radical (unpaired) electrons. The molecule has 1 aliphatic heterocycles. The van der Waals surface area contributed by atoms with Gasteiger partial charge in [0.25, 0.3) is 5.69 Å². The summed E-state index contributed by atoms with van der Waals surface area (Å²) in [5.74, 6) is 0.133. The van der Waals surface area contributed by atoms with Gasteiger partial charge in [0.15, 0.2) is 0 Å². The van der Waals surface area contributed by atoms with E-state index in [-0.39, 0.29) is 28.1 Å². The lowest BCUT2D eigenvalue weighted by Crippen LogP contribution is -2.34. The number of nitrogens with two attached hydrogens (primary N) is 1. The monoisotopic (exact) mass is 313 g/mol. The summed E-state index contributed by atoms with van der Waals surface area (Å²) in [4.78, 5) is 10.4. The number of rotatable bonds is 4. The third kappa shape index (κ3) is 2.78. The summed E-state index contributed by atoms with van der Waals surface area (Å²) in [5.41, 5.74) is 5.61. The number of nitro groups is 1. The molecule has 1 aromatic carbocycles. The zero-order chi connectivity index (χ0) is 15.8. The van der Waals surface area contributed by atoms with Crippen molar-refractivity contribution in [1.29, 1.82) is 0 Å². The predicted octanol–water partition coefficient (Wildman–Crippen LogP) is 1.26. The molecule has 8 heteroatoms. The van der Waals surface area contributed by atoms with Crippen LogP contribution in [0.25, 0.3) is 0 Å². The second-order valence-electron chi connectivity index (χ2n) is 5.42. The third-order valence-electron chi connectivity index (χ3n) is 3.98. The maximum Gasteiger partial charge on any atom is 0.273 e. The Morgan fingerprint density at radius 1 is 1.48 bits per heavy atom. The minimum absolute atomic E-state index is 0.00113. The number of sulfonamides is 1. The Bertz CT molecular complexity index is 659. The molecule has 21 heavy (non-hydrogen) atoms. The summed E-state index contributed by atoms with van der Waals surface area (Å²) in [6.45, 7) is 4.10. The number of hydrogen-bond acceptors (Lipinski definition) is 5. The molecule has 1 aromatic rings. The van der Waals surface area contributed by atoms with Gasteiger partial charge in [0.05, 0.1) is 9.82 Å². The van der Waals surface area contributed by atoms with Crippen LogP contribution >= 0.6 is 0 Å². The Balaban J connectivity index is 2.46. The standard InChI is InChI=1S/C13H19N3O4S/c1-9-6-11(7-14)8-15(9)21(19,20)13-5-3-4-12(10(13)2)16(17)18/h3-5,9,11H,6-8,14H2,1-2H3. The van der Waals surface area contributed by atoms with E-state index in [1.165, 1.54) is 29.4 Å².